The maximum Gasteiger partial charge on any atom is 0.471 e. The van der Waals surface area contributed by atoms with Crippen molar-refractivity contribution in [3.8, 4) is 0 Å². The molecule has 0 radical (unpaired) electrons. The van der Waals surface area contributed by atoms with Crippen LogP contribution < -0.4 is 11.1 Å². The van der Waals surface area contributed by atoms with E-state index in [1.807, 2.05) is 27.7 Å². The molecule has 30 heavy (non-hydrogen) atoms. The normalized spacial score (nSPS) is 17.4. The van der Waals surface area contributed by atoms with Gasteiger partial charge in [-0.25, -0.2) is 9.25 Å². The van der Waals surface area contributed by atoms with Gasteiger partial charge in [-0.2, -0.15) is 5.10 Å². The molecule has 2 aromatic rings. The molecular formula is C17H23N4O7PS. The van der Waals surface area contributed by atoms with Gasteiger partial charge in [0.25, 0.3) is 11.8 Å². The number of carbonyl (C=O) groups excluding carboxylic acids is 2. The van der Waals surface area contributed by atoms with Crippen molar-refractivity contribution in [1.29, 1.82) is 0 Å². The third-order valence-corrected chi connectivity index (χ3v) is 6.30. The van der Waals surface area contributed by atoms with Gasteiger partial charge >= 0.3 is 7.82 Å². The van der Waals surface area contributed by atoms with Gasteiger partial charge in [0.15, 0.2) is 12.4 Å². The Bertz CT molecular complexity index is 1050. The van der Waals surface area contributed by atoms with Crippen molar-refractivity contribution < 1.29 is 33.2 Å². The van der Waals surface area contributed by atoms with Crippen LogP contribution in [-0.4, -0.2) is 37.0 Å². The van der Waals surface area contributed by atoms with Crippen LogP contribution in [0.5, 0.6) is 0 Å². The van der Waals surface area contributed by atoms with Crippen molar-refractivity contribution in [3.63, 3.8) is 0 Å². The van der Waals surface area contributed by atoms with E-state index in [2.05, 4.69) is 14.9 Å². The summed E-state index contributed by atoms with van der Waals surface area (Å²) in [5, 5.41) is 6.89. The summed E-state index contributed by atoms with van der Waals surface area (Å²) in [6, 6.07) is 1.35. The molecule has 13 heteroatoms. The van der Waals surface area contributed by atoms with E-state index in [-0.39, 0.29) is 11.3 Å². The van der Waals surface area contributed by atoms with Crippen LogP contribution in [0, 0.1) is 0 Å². The Balaban J connectivity index is 1.88. The van der Waals surface area contributed by atoms with Crippen LogP contribution in [0.4, 0.5) is 5.00 Å². The van der Waals surface area contributed by atoms with Crippen molar-refractivity contribution in [2.45, 2.75) is 52.0 Å². The second-order valence-corrected chi connectivity index (χ2v) is 10.2. The summed E-state index contributed by atoms with van der Waals surface area (Å²) in [6.45, 7) is 7.10. The molecule has 2 aromatic heterocycles. The number of aromatic nitrogens is 2. The van der Waals surface area contributed by atoms with Gasteiger partial charge in [0.1, 0.15) is 5.00 Å². The number of nitrogens with zero attached hydrogens (tertiary/aromatic N) is 2. The Hall–Kier alpha value is -2.08. The number of anilines is 1. The van der Waals surface area contributed by atoms with Crippen LogP contribution in [0.1, 0.15) is 59.0 Å². The second-order valence-electron chi connectivity index (χ2n) is 7.97. The number of nitrogens with two attached hydrogens (primary N) is 1. The highest BCUT2D eigenvalue weighted by Gasteiger charge is 2.43. The number of nitrogens with one attached hydrogen (secondary N) is 1. The fourth-order valence-corrected chi connectivity index (χ4v) is 5.05. The van der Waals surface area contributed by atoms with Crippen molar-refractivity contribution in [3.05, 3.63) is 34.0 Å². The van der Waals surface area contributed by atoms with E-state index in [9.17, 15) is 14.2 Å². The first-order valence-corrected chi connectivity index (χ1v) is 11.2. The molecule has 164 valence electrons. The number of rotatable bonds is 6. The van der Waals surface area contributed by atoms with Gasteiger partial charge in [-0.3, -0.25) is 14.1 Å². The third kappa shape index (κ3) is 4.80. The van der Waals surface area contributed by atoms with Gasteiger partial charge in [0, 0.05) is 17.5 Å². The molecular weight excluding hydrogens is 435 g/mol. The van der Waals surface area contributed by atoms with Gasteiger partial charge in [-0.15, -0.1) is 11.3 Å². The summed E-state index contributed by atoms with van der Waals surface area (Å²) in [7, 11) is -4.67. The number of ether oxygens (including phenoxy) is 1. The molecule has 0 unspecified atom stereocenters. The number of phosphoric acid groups is 1. The van der Waals surface area contributed by atoms with Crippen LogP contribution in [0.15, 0.2) is 12.3 Å². The molecule has 0 fully saturated rings. The van der Waals surface area contributed by atoms with Crippen LogP contribution in [0.2, 0.25) is 0 Å². The predicted octanol–water partition coefficient (Wildman–Crippen LogP) is 1.95. The molecule has 0 bridgehead atoms. The fourth-order valence-electron chi connectivity index (χ4n) is 3.52. The Morgan fingerprint density at radius 3 is 2.67 bits per heavy atom. The lowest BCUT2D eigenvalue weighted by atomic mass is 9.86. The Morgan fingerprint density at radius 2 is 2.07 bits per heavy atom. The highest BCUT2D eigenvalue weighted by molar-refractivity contribution is 7.46. The van der Waals surface area contributed by atoms with Crippen LogP contribution in [-0.2, 0) is 32.6 Å². The van der Waals surface area contributed by atoms with Crippen molar-refractivity contribution in [1.82, 2.24) is 9.78 Å². The summed E-state index contributed by atoms with van der Waals surface area (Å²) < 4.78 is 22.3. The smallest absolute Gasteiger partial charge is 0.365 e. The number of hydrogen-bond acceptors (Lipinski definition) is 7. The van der Waals surface area contributed by atoms with Gasteiger partial charge in [0.05, 0.1) is 16.8 Å². The Labute approximate surface area is 176 Å². The first-order chi connectivity index (χ1) is 13.7. The highest BCUT2D eigenvalue weighted by atomic mass is 32.1. The van der Waals surface area contributed by atoms with Crippen molar-refractivity contribution in [2.24, 2.45) is 5.73 Å². The average Bonchev–Trinajstić information content (AvgIpc) is 3.15. The fraction of sp³-hybridized carbons (Fsp3) is 0.471. The molecule has 2 amide bonds. The molecule has 1 aliphatic rings. The lowest BCUT2D eigenvalue weighted by molar-refractivity contribution is -0.135. The minimum absolute atomic E-state index is 0.0260. The van der Waals surface area contributed by atoms with E-state index in [4.69, 9.17) is 20.3 Å². The molecule has 0 saturated heterocycles. The van der Waals surface area contributed by atoms with E-state index in [1.54, 1.807) is 0 Å². The minimum atomic E-state index is -4.67. The van der Waals surface area contributed by atoms with E-state index in [0.29, 0.717) is 11.4 Å². The number of hydrogen-bond donors (Lipinski definition) is 4. The molecule has 0 saturated carbocycles. The van der Waals surface area contributed by atoms with Gasteiger partial charge in [0.2, 0.25) is 0 Å². The van der Waals surface area contributed by atoms with E-state index < -0.39 is 37.6 Å². The standard InChI is InChI=1S/C17H23N4O7PS/c1-16(2)7-9-11(13(18)22)15(30-12(9)17(3,4)28-16)19-14(23)10-5-6-21(20-10)8-27-29(24,25)26/h5-6H,7-8H2,1-4H3,(H2,18,22)(H,19,23)(H2,24,25,26). The third-order valence-electron chi connectivity index (χ3n) is 4.39. The van der Waals surface area contributed by atoms with Gasteiger partial charge < -0.3 is 25.6 Å². The lowest BCUT2D eigenvalue weighted by Gasteiger charge is -2.41. The lowest BCUT2D eigenvalue weighted by Crippen LogP contribution is -2.42. The van der Waals surface area contributed by atoms with Crippen molar-refractivity contribution >= 4 is 36.0 Å². The first kappa shape index (κ1) is 22.6. The van der Waals surface area contributed by atoms with E-state index in [0.717, 1.165) is 15.1 Å². The molecule has 0 aliphatic carbocycles. The Kier molecular flexibility index (Phi) is 5.69. The molecule has 3 heterocycles. The number of fused-ring (bicyclic) bond motifs is 1. The summed E-state index contributed by atoms with van der Waals surface area (Å²) in [5.74, 6) is -1.26. The van der Waals surface area contributed by atoms with Crippen LogP contribution in [0.25, 0.3) is 0 Å². The summed E-state index contributed by atoms with van der Waals surface area (Å²) >= 11 is 1.22. The Morgan fingerprint density at radius 1 is 1.40 bits per heavy atom. The molecule has 5 N–H and O–H groups in total. The molecule has 1 aliphatic heterocycles. The monoisotopic (exact) mass is 458 g/mol. The van der Waals surface area contributed by atoms with Crippen LogP contribution >= 0.6 is 19.2 Å². The SMILES string of the molecule is CC1(C)Cc2c(sc(NC(=O)c3ccn(COP(=O)(O)O)n3)c2C(N)=O)C(C)(C)O1. The van der Waals surface area contributed by atoms with Crippen LogP contribution in [0.3, 0.4) is 0 Å². The van der Waals surface area contributed by atoms with Gasteiger partial charge in [-0.1, -0.05) is 0 Å². The first-order valence-electron chi connectivity index (χ1n) is 8.89. The summed E-state index contributed by atoms with van der Waals surface area (Å²) in [6.07, 6.45) is 1.79. The quantitative estimate of drug-likeness (QED) is 0.477. The molecule has 3 rings (SSSR count). The predicted molar refractivity (Wildman–Crippen MR) is 108 cm³/mol. The summed E-state index contributed by atoms with van der Waals surface area (Å²) in [4.78, 5) is 43.2. The van der Waals surface area contributed by atoms with Crippen molar-refractivity contribution in [2.75, 3.05) is 5.32 Å². The maximum atomic E-state index is 12.6. The zero-order valence-electron chi connectivity index (χ0n) is 16.8. The molecule has 0 spiro atoms. The molecule has 0 aromatic carbocycles. The van der Waals surface area contributed by atoms with E-state index in [1.165, 1.54) is 23.6 Å². The number of thiophene rings is 1. The number of phosphoric ester groups is 1. The largest absolute Gasteiger partial charge is 0.471 e. The molecule has 0 atom stereocenters. The number of carbonyl (C=O) groups is 2. The maximum absolute atomic E-state index is 12.6. The second kappa shape index (κ2) is 7.56. The zero-order chi connectivity index (χ0) is 22.5. The summed E-state index contributed by atoms with van der Waals surface area (Å²) in [5.41, 5.74) is 5.42. The topological polar surface area (TPSA) is 166 Å². The zero-order valence-corrected chi connectivity index (χ0v) is 18.5. The average molecular weight is 458 g/mol. The highest BCUT2D eigenvalue weighted by Crippen LogP contribution is 2.48. The number of primary amides is 1. The molecule has 11 nitrogen and oxygen atoms in total. The minimum Gasteiger partial charge on any atom is -0.365 e. The number of amides is 2. The van der Waals surface area contributed by atoms with Gasteiger partial charge in [-0.05, 0) is 39.3 Å². The van der Waals surface area contributed by atoms with E-state index >= 15 is 0 Å².